The van der Waals surface area contributed by atoms with Crippen LogP contribution in [0.5, 0.6) is 0 Å². The molecule has 712 valence electrons. The van der Waals surface area contributed by atoms with Crippen LogP contribution in [-0.4, -0.2) is 28.7 Å². The van der Waals surface area contributed by atoms with Gasteiger partial charge in [-0.25, -0.2) is 9.97 Å². The largest absolute Gasteiger partial charge is 0.308 e. The van der Waals surface area contributed by atoms with E-state index in [2.05, 4.69) is 394 Å². The van der Waals surface area contributed by atoms with Crippen LogP contribution in [0.3, 0.4) is 0 Å². The highest BCUT2D eigenvalue weighted by atomic mass is 15.0. The van der Waals surface area contributed by atoms with Crippen molar-refractivity contribution >= 4 is 119 Å². The summed E-state index contributed by atoms with van der Waals surface area (Å²) in [6, 6.07) is 149. The molecule has 0 radical (unpaired) electrons. The molecule has 0 aliphatic heterocycles. The van der Waals surface area contributed by atoms with Crippen LogP contribution in [0.1, 0.15) is 130 Å². The summed E-state index contributed by atoms with van der Waals surface area (Å²) in [5, 5.41) is 21.3. The molecule has 0 atom stereocenters. The van der Waals surface area contributed by atoms with E-state index in [9.17, 15) is 0 Å². The van der Waals surface area contributed by atoms with Crippen molar-refractivity contribution in [1.82, 2.24) is 28.7 Å². The lowest BCUT2D eigenvalue weighted by atomic mass is 9.43. The number of aromatic nitrogens is 6. The second-order valence-electron chi connectivity index (χ2n) is 47.1. The van der Waals surface area contributed by atoms with Gasteiger partial charge in [0.2, 0.25) is 0 Å². The normalized spacial score (nSPS) is 24.6. The molecule has 0 unspecified atom stereocenters. The third kappa shape index (κ3) is 11.7. The second-order valence-corrected chi connectivity index (χ2v) is 47.1. The molecule has 24 aromatic rings. The van der Waals surface area contributed by atoms with Crippen LogP contribution >= 0.6 is 0 Å². The Morgan fingerprint density at radius 2 is 0.544 bits per heavy atom. The Kier molecular flexibility index (Phi) is 17.9. The predicted octanol–water partition coefficient (Wildman–Crippen LogP) is 36.1. The molecule has 0 saturated heterocycles. The van der Waals surface area contributed by atoms with Gasteiger partial charge < -0.3 is 13.7 Å². The van der Waals surface area contributed by atoms with Gasteiger partial charge in [-0.05, 0) is 355 Å². The number of fused-ring (bicyclic) bond motifs is 30. The van der Waals surface area contributed by atoms with Gasteiger partial charge >= 0.3 is 0 Å². The van der Waals surface area contributed by atoms with Gasteiger partial charge in [0.25, 0.3) is 0 Å². The van der Waals surface area contributed by atoms with Gasteiger partial charge in [-0.1, -0.05) is 334 Å². The lowest BCUT2D eigenvalue weighted by Gasteiger charge is -2.61. The van der Waals surface area contributed by atoms with Crippen LogP contribution in [-0.2, 0) is 16.2 Å². The van der Waals surface area contributed by atoms with Crippen molar-refractivity contribution in [1.29, 1.82) is 0 Å². The van der Waals surface area contributed by atoms with Crippen LogP contribution < -0.4 is 0 Å². The summed E-state index contributed by atoms with van der Waals surface area (Å²) in [7, 11) is 0. The summed E-state index contributed by atoms with van der Waals surface area (Å²) in [5.41, 5.74) is 38.8. The summed E-state index contributed by atoms with van der Waals surface area (Å²) in [5.74, 6) is 10.5. The maximum Gasteiger partial charge on any atom is 0.159 e. The van der Waals surface area contributed by atoms with Gasteiger partial charge in [-0.3, -0.25) is 4.98 Å². The maximum absolute atomic E-state index is 5.00. The molecule has 12 saturated carbocycles. The van der Waals surface area contributed by atoms with E-state index in [1.54, 1.807) is 33.4 Å². The van der Waals surface area contributed by atoms with Crippen molar-refractivity contribution < 1.29 is 0 Å². The zero-order valence-electron chi connectivity index (χ0n) is 83.5. The lowest BCUT2D eigenvalue weighted by Crippen LogP contribution is -2.55. The minimum absolute atomic E-state index is 0.0650. The Labute approximate surface area is 866 Å². The summed E-state index contributed by atoms with van der Waals surface area (Å²) in [6.45, 7) is 0. The summed E-state index contributed by atoms with van der Waals surface area (Å²) in [4.78, 5) is 13.9. The fourth-order valence-corrected chi connectivity index (χ4v) is 35.7. The van der Waals surface area contributed by atoms with Crippen LogP contribution in [0.4, 0.5) is 0 Å². The van der Waals surface area contributed by atoms with Crippen molar-refractivity contribution in [3.63, 3.8) is 0 Å². The number of rotatable bonds is 7. The van der Waals surface area contributed by atoms with Crippen molar-refractivity contribution in [2.45, 2.75) is 113 Å². The van der Waals surface area contributed by atoms with Crippen molar-refractivity contribution in [3.8, 4) is 95.3 Å². The quantitative estimate of drug-likeness (QED) is 0.149. The van der Waals surface area contributed by atoms with Crippen molar-refractivity contribution in [2.24, 2.45) is 71.0 Å². The van der Waals surface area contributed by atoms with Gasteiger partial charge in [0.15, 0.2) is 5.82 Å². The molecule has 0 amide bonds. The smallest absolute Gasteiger partial charge is 0.159 e. The van der Waals surface area contributed by atoms with Gasteiger partial charge in [0, 0.05) is 112 Å². The number of pyridine rings is 1. The molecule has 12 fully saturated rings. The SMILES string of the molecule is c1cc(-c2ccncc2)cc(-n2c3c4c(ccc3c3ccc5ccccc5c32)-c2ccccc2C42C3CC4CC(C3)CC2C4)c1.c1ccc(-c2nccc(-c3ccc(-n4c5c6c(ccc5c5ccc7ccccc7c54)-c4ccccc4C64C5CC6CC(C5)CC4C6)cc3)n2)cc1.c1ccc2c(c1)-c1ccc3c4ccc5ccccc5c4n(-c4ccc(-c5cc6ccccc6c6ccccc56)cc4)c3c1C21C2CC3CC(C2)CC1C3. The molecule has 19 aromatic carbocycles. The van der Waals surface area contributed by atoms with Gasteiger partial charge in [0.05, 0.1) is 38.8 Å². The van der Waals surface area contributed by atoms with Gasteiger partial charge in [-0.15, -0.1) is 0 Å². The first-order valence-electron chi connectivity index (χ1n) is 55.6. The molecule has 15 aliphatic carbocycles. The number of nitrogens with zero attached hydrogens (tertiary/aromatic N) is 6. The highest BCUT2D eigenvalue weighted by Gasteiger charge is 2.66. The minimum Gasteiger partial charge on any atom is -0.308 e. The Hall–Kier alpha value is -15.9. The fraction of sp³-hybridized carbons (Fsp3) is 0.210. The maximum atomic E-state index is 5.00. The van der Waals surface area contributed by atoms with E-state index in [0.717, 1.165) is 58.2 Å². The highest BCUT2D eigenvalue weighted by Crippen LogP contribution is 2.75. The molecule has 3 spiro atoms. The molecular weight excluding hydrogens is 1800 g/mol. The summed E-state index contributed by atoms with van der Waals surface area (Å²) >= 11 is 0. The molecule has 5 heterocycles. The van der Waals surface area contributed by atoms with Crippen molar-refractivity contribution in [3.05, 3.63) is 446 Å². The van der Waals surface area contributed by atoms with E-state index in [1.165, 1.54) is 288 Å². The van der Waals surface area contributed by atoms with Gasteiger partial charge in [-0.2, -0.15) is 0 Å². The average molecular weight is 1910 g/mol. The summed E-state index contributed by atoms with van der Waals surface area (Å²) < 4.78 is 8.03. The third-order valence-corrected chi connectivity index (χ3v) is 40.4. The lowest BCUT2D eigenvalue weighted by molar-refractivity contribution is -0.0394. The van der Waals surface area contributed by atoms with Crippen LogP contribution in [0.2, 0.25) is 0 Å². The predicted molar refractivity (Wildman–Crippen MR) is 615 cm³/mol. The zero-order chi connectivity index (χ0) is 97.0. The first-order valence-corrected chi connectivity index (χ1v) is 55.6. The third-order valence-electron chi connectivity index (χ3n) is 40.4. The first-order chi connectivity index (χ1) is 73.8. The van der Waals surface area contributed by atoms with E-state index in [0.29, 0.717) is 35.5 Å². The van der Waals surface area contributed by atoms with Gasteiger partial charge in [0.1, 0.15) is 0 Å². The van der Waals surface area contributed by atoms with E-state index in [1.807, 2.05) is 42.9 Å². The Balaban J connectivity index is 0.0000000956. The molecular formula is C143H110N6. The molecule has 6 heteroatoms. The molecule has 39 rings (SSSR count). The Morgan fingerprint density at radius 1 is 0.195 bits per heavy atom. The average Bonchev–Trinajstić information content (AvgIpc) is 1.51. The Bertz CT molecular complexity index is 9750. The number of hydrogen-bond acceptors (Lipinski definition) is 3. The van der Waals surface area contributed by atoms with Crippen LogP contribution in [0.15, 0.2) is 413 Å². The molecule has 149 heavy (non-hydrogen) atoms. The highest BCUT2D eigenvalue weighted by molar-refractivity contribution is 6.25. The monoisotopic (exact) mass is 1910 g/mol. The second kappa shape index (κ2) is 31.6. The van der Waals surface area contributed by atoms with E-state index >= 15 is 0 Å². The molecule has 6 nitrogen and oxygen atoms in total. The summed E-state index contributed by atoms with van der Waals surface area (Å²) in [6.07, 6.45) is 26.6. The van der Waals surface area contributed by atoms with E-state index in [-0.39, 0.29) is 16.2 Å². The van der Waals surface area contributed by atoms with E-state index < -0.39 is 0 Å². The van der Waals surface area contributed by atoms with Crippen molar-refractivity contribution in [2.75, 3.05) is 0 Å². The minimum atomic E-state index is 0.0650. The number of hydrogen-bond donors (Lipinski definition) is 0. The topological polar surface area (TPSA) is 53.5 Å². The number of benzene rings is 19. The molecule has 5 aromatic heterocycles. The van der Waals surface area contributed by atoms with Crippen LogP contribution in [0, 0.1) is 71.0 Å². The molecule has 0 N–H and O–H groups in total. The molecule has 12 bridgehead atoms. The Morgan fingerprint density at radius 3 is 0.980 bits per heavy atom. The zero-order valence-corrected chi connectivity index (χ0v) is 83.5. The standard InChI is InChI=1S/C52H39N.C48H37N3.C43H34N2/c1-4-12-40-33(9-1)19-22-45-46-24-23-44-43-15-7-8-16-48(43)52(36-26-31-25-32(28-36)29-37(52)27-31)49(44)51(46)53(50(40)45)38-20-17-34(18-21-38)47-30-35-10-2-3-11-39(35)41-13-5-6-14-42(41)47;1-2-9-33(10-3-1)47-49-23-22-43(50-47)32-14-17-36(18-15-32)51-45-37-11-5-4-8-31(37)16-19-40(45)41-21-20-39-38-12-6-7-13-42(38)48(44(39)46(41)51)34-25-29-24-30(27-34)28-35(48)26-29;1-2-9-34-29(6-1)12-13-37-38-15-14-36-35-10-3-4-11-39(35)43(31-21-26-20-27(23-31)24-32(43)22-26)40(36)42(38)45(41(34)37)33-8-5-7-30(25-33)28-16-18-44-19-17-28/h1-24,30-32,36-37H,25-29H2;1-23,29-30,34-35H,24-28H2;1-19,25-27,31-32H,20-24H2. The first kappa shape index (κ1) is 84.2. The van der Waals surface area contributed by atoms with E-state index in [4.69, 9.17) is 4.98 Å². The fourth-order valence-electron chi connectivity index (χ4n) is 35.7. The van der Waals surface area contributed by atoms with Crippen LogP contribution in [0.25, 0.3) is 215 Å². The molecule has 15 aliphatic rings.